The third-order valence-electron chi connectivity index (χ3n) is 3.73. The summed E-state index contributed by atoms with van der Waals surface area (Å²) >= 11 is 0. The van der Waals surface area contributed by atoms with Crippen LogP contribution in [-0.4, -0.2) is 22.8 Å². The molecule has 0 saturated carbocycles. The Morgan fingerprint density at radius 3 is 2.57 bits per heavy atom. The minimum atomic E-state index is -0.923. The van der Waals surface area contributed by atoms with Crippen LogP contribution in [0, 0.1) is 0 Å². The average Bonchev–Trinajstić information content (AvgIpc) is 2.99. The summed E-state index contributed by atoms with van der Waals surface area (Å²) < 4.78 is 7.20. The summed E-state index contributed by atoms with van der Waals surface area (Å²) in [6.07, 6.45) is 1.81. The molecule has 2 aromatic carbocycles. The van der Waals surface area contributed by atoms with Crippen molar-refractivity contribution in [1.82, 2.24) is 4.57 Å². The molecule has 0 bridgehead atoms. The summed E-state index contributed by atoms with van der Waals surface area (Å²) in [7, 11) is 1.63. The third-order valence-corrected chi connectivity index (χ3v) is 3.73. The van der Waals surface area contributed by atoms with Gasteiger partial charge in [-0.3, -0.25) is 0 Å². The normalized spacial score (nSPS) is 10.5. The summed E-state index contributed by atoms with van der Waals surface area (Å²) in [5, 5.41) is 9.46. The van der Waals surface area contributed by atoms with Crippen LogP contribution in [0.4, 0.5) is 0 Å². The van der Waals surface area contributed by atoms with Crippen LogP contribution < -0.4 is 4.74 Å². The summed E-state index contributed by atoms with van der Waals surface area (Å²) in [6, 6.07) is 19.0. The number of carboxylic acid groups (broad SMARTS) is 1. The van der Waals surface area contributed by atoms with E-state index in [1.165, 1.54) is 0 Å². The van der Waals surface area contributed by atoms with Crippen LogP contribution in [-0.2, 0) is 6.54 Å². The smallest absolute Gasteiger partial charge is 0.337 e. The molecule has 0 fully saturated rings. The van der Waals surface area contributed by atoms with E-state index in [9.17, 15) is 9.90 Å². The van der Waals surface area contributed by atoms with E-state index in [1.54, 1.807) is 13.2 Å². The minimum Gasteiger partial charge on any atom is -0.497 e. The summed E-state index contributed by atoms with van der Waals surface area (Å²) in [6.45, 7) is 0.578. The molecule has 0 unspecified atom stereocenters. The lowest BCUT2D eigenvalue weighted by Gasteiger charge is -2.12. The molecule has 0 aliphatic rings. The Hall–Kier alpha value is -3.01. The molecule has 116 valence electrons. The van der Waals surface area contributed by atoms with Crippen LogP contribution in [0.1, 0.15) is 15.9 Å². The van der Waals surface area contributed by atoms with Gasteiger partial charge >= 0.3 is 5.97 Å². The molecule has 0 saturated heterocycles. The molecule has 4 heteroatoms. The zero-order valence-electron chi connectivity index (χ0n) is 12.8. The average molecular weight is 307 g/mol. The number of methoxy groups -OCH3 is 1. The predicted octanol–water partition coefficient (Wildman–Crippen LogP) is 3.91. The van der Waals surface area contributed by atoms with Gasteiger partial charge in [0.05, 0.1) is 18.4 Å². The highest BCUT2D eigenvalue weighted by atomic mass is 16.5. The molecule has 1 N–H and O–H groups in total. The molecule has 0 spiro atoms. The molecular weight excluding hydrogens is 290 g/mol. The molecule has 0 atom stereocenters. The molecule has 0 aliphatic carbocycles. The second kappa shape index (κ2) is 6.40. The Morgan fingerprint density at radius 1 is 1.09 bits per heavy atom. The van der Waals surface area contributed by atoms with Gasteiger partial charge in [0, 0.05) is 12.7 Å². The molecule has 0 radical (unpaired) electrons. The minimum absolute atomic E-state index is 0.305. The van der Waals surface area contributed by atoms with Crippen molar-refractivity contribution in [2.75, 3.05) is 7.11 Å². The van der Waals surface area contributed by atoms with Crippen molar-refractivity contribution < 1.29 is 14.6 Å². The van der Waals surface area contributed by atoms with Crippen molar-refractivity contribution in [2.24, 2.45) is 0 Å². The molecule has 0 aliphatic heterocycles. The highest BCUT2D eigenvalue weighted by molar-refractivity contribution is 5.95. The molecule has 3 rings (SSSR count). The maximum Gasteiger partial charge on any atom is 0.337 e. The van der Waals surface area contributed by atoms with Gasteiger partial charge < -0.3 is 14.4 Å². The predicted molar refractivity (Wildman–Crippen MR) is 88.9 cm³/mol. The molecule has 4 nitrogen and oxygen atoms in total. The molecule has 1 heterocycles. The van der Waals surface area contributed by atoms with Gasteiger partial charge in [-0.25, -0.2) is 4.79 Å². The largest absolute Gasteiger partial charge is 0.497 e. The van der Waals surface area contributed by atoms with Gasteiger partial charge in [0.2, 0.25) is 0 Å². The Kier molecular flexibility index (Phi) is 4.15. The number of ether oxygens (including phenoxy) is 1. The van der Waals surface area contributed by atoms with Crippen molar-refractivity contribution in [3.05, 3.63) is 78.0 Å². The number of hydrogen-bond donors (Lipinski definition) is 1. The van der Waals surface area contributed by atoms with E-state index in [-0.39, 0.29) is 0 Å². The molecular formula is C19H17NO3. The number of rotatable bonds is 5. The van der Waals surface area contributed by atoms with Gasteiger partial charge in [-0.05, 0) is 29.3 Å². The Balaban J connectivity index is 2.04. The van der Waals surface area contributed by atoms with Crippen LogP contribution in [0.5, 0.6) is 5.75 Å². The maximum absolute atomic E-state index is 11.5. The fraction of sp³-hybridized carbons (Fsp3) is 0.105. The fourth-order valence-corrected chi connectivity index (χ4v) is 2.66. The molecule has 0 amide bonds. The number of benzene rings is 2. The lowest BCUT2D eigenvalue weighted by atomic mass is 10.1. The zero-order chi connectivity index (χ0) is 16.2. The van der Waals surface area contributed by atoms with Gasteiger partial charge in [-0.15, -0.1) is 0 Å². The summed E-state index contributed by atoms with van der Waals surface area (Å²) in [5.74, 6) is -0.136. The highest BCUT2D eigenvalue weighted by Crippen LogP contribution is 2.26. The standard InChI is InChI=1S/C19H17NO3/c1-23-16-9-5-6-14(12-16)13-20-11-10-17(19(21)22)18(20)15-7-3-2-4-8-15/h2-12H,13H2,1H3,(H,21,22). The second-order valence-electron chi connectivity index (χ2n) is 5.23. The van der Waals surface area contributed by atoms with Crippen LogP contribution in [0.25, 0.3) is 11.3 Å². The Labute approximate surface area is 134 Å². The van der Waals surface area contributed by atoms with E-state index in [4.69, 9.17) is 4.74 Å². The summed E-state index contributed by atoms with van der Waals surface area (Å²) in [5.41, 5.74) is 2.95. The second-order valence-corrected chi connectivity index (χ2v) is 5.23. The molecule has 23 heavy (non-hydrogen) atoms. The van der Waals surface area contributed by atoms with Gasteiger partial charge in [0.1, 0.15) is 5.75 Å². The van der Waals surface area contributed by atoms with Crippen molar-refractivity contribution in [2.45, 2.75) is 6.54 Å². The fourth-order valence-electron chi connectivity index (χ4n) is 2.66. The number of aromatic nitrogens is 1. The topological polar surface area (TPSA) is 51.5 Å². The maximum atomic E-state index is 11.5. The first kappa shape index (κ1) is 14.9. The lowest BCUT2D eigenvalue weighted by molar-refractivity contribution is 0.0698. The first-order valence-corrected chi connectivity index (χ1v) is 7.30. The number of carbonyl (C=O) groups is 1. The SMILES string of the molecule is COc1cccc(Cn2ccc(C(=O)O)c2-c2ccccc2)c1. The van der Waals surface area contributed by atoms with Crippen LogP contribution in [0.2, 0.25) is 0 Å². The van der Waals surface area contributed by atoms with Crippen LogP contribution in [0.15, 0.2) is 66.9 Å². The van der Waals surface area contributed by atoms with Crippen LogP contribution in [0.3, 0.4) is 0 Å². The van der Waals surface area contributed by atoms with Gasteiger partial charge in [0.25, 0.3) is 0 Å². The number of aromatic carboxylic acids is 1. The number of nitrogens with zero attached hydrogens (tertiary/aromatic N) is 1. The van der Waals surface area contributed by atoms with E-state index in [2.05, 4.69) is 0 Å². The van der Waals surface area contributed by atoms with Gasteiger partial charge in [-0.2, -0.15) is 0 Å². The van der Waals surface area contributed by atoms with E-state index >= 15 is 0 Å². The van der Waals surface area contributed by atoms with Crippen molar-refractivity contribution in [1.29, 1.82) is 0 Å². The molecule has 3 aromatic rings. The first-order chi connectivity index (χ1) is 11.2. The number of carboxylic acids is 1. The van der Waals surface area contributed by atoms with E-state index < -0.39 is 5.97 Å². The highest BCUT2D eigenvalue weighted by Gasteiger charge is 2.16. The Bertz CT molecular complexity index is 822. The van der Waals surface area contributed by atoms with Gasteiger partial charge in [0.15, 0.2) is 0 Å². The van der Waals surface area contributed by atoms with E-state index in [0.717, 1.165) is 16.9 Å². The van der Waals surface area contributed by atoms with E-state index in [1.807, 2.05) is 65.4 Å². The first-order valence-electron chi connectivity index (χ1n) is 7.30. The van der Waals surface area contributed by atoms with E-state index in [0.29, 0.717) is 17.8 Å². The van der Waals surface area contributed by atoms with Crippen LogP contribution >= 0.6 is 0 Å². The number of hydrogen-bond acceptors (Lipinski definition) is 2. The summed E-state index contributed by atoms with van der Waals surface area (Å²) in [4.78, 5) is 11.5. The lowest BCUT2D eigenvalue weighted by Crippen LogP contribution is -2.04. The van der Waals surface area contributed by atoms with Crippen molar-refractivity contribution in [3.63, 3.8) is 0 Å². The monoisotopic (exact) mass is 307 g/mol. The van der Waals surface area contributed by atoms with Crippen molar-refractivity contribution >= 4 is 5.97 Å². The Morgan fingerprint density at radius 2 is 1.87 bits per heavy atom. The molecule has 1 aromatic heterocycles. The quantitative estimate of drug-likeness (QED) is 0.777. The zero-order valence-corrected chi connectivity index (χ0v) is 12.8. The van der Waals surface area contributed by atoms with Gasteiger partial charge in [-0.1, -0.05) is 42.5 Å². The third kappa shape index (κ3) is 3.11. The van der Waals surface area contributed by atoms with Crippen molar-refractivity contribution in [3.8, 4) is 17.0 Å².